The molecule has 7 nitrogen and oxygen atoms in total. The van der Waals surface area contributed by atoms with Crippen LogP contribution in [0.2, 0.25) is 5.02 Å². The highest BCUT2D eigenvalue weighted by atomic mass is 35.5. The largest absolute Gasteiger partial charge is 0.508 e. The number of benzene rings is 2. The Bertz CT molecular complexity index is 1100. The Hall–Kier alpha value is -3.06. The predicted octanol–water partition coefficient (Wildman–Crippen LogP) is 4.46. The summed E-state index contributed by atoms with van der Waals surface area (Å²) >= 11 is 6.11. The summed E-state index contributed by atoms with van der Waals surface area (Å²) in [5.41, 5.74) is 4.63. The van der Waals surface area contributed by atoms with Crippen molar-refractivity contribution in [3.8, 4) is 5.75 Å². The molecule has 2 amide bonds. The number of ketones is 1. The number of carboxylic acid groups (broad SMARTS) is 1. The Morgan fingerprint density at radius 2 is 1.79 bits per heavy atom. The molecule has 2 heterocycles. The molecule has 0 bridgehead atoms. The number of hydrogen-bond donors (Lipinski definition) is 2. The lowest BCUT2D eigenvalue weighted by Gasteiger charge is -2.25. The summed E-state index contributed by atoms with van der Waals surface area (Å²) in [5.74, 6) is 0.292. The maximum atomic E-state index is 12.8. The highest BCUT2D eigenvalue weighted by molar-refractivity contribution is 6.31. The molecule has 2 aromatic carbocycles. The molecule has 2 aliphatic rings. The number of nitrogens with zero attached hydrogens (tertiary/aromatic N) is 2. The summed E-state index contributed by atoms with van der Waals surface area (Å²) in [4.78, 5) is 39.6. The molecule has 0 aliphatic carbocycles. The van der Waals surface area contributed by atoms with Crippen molar-refractivity contribution < 1.29 is 24.6 Å². The number of rotatable bonds is 9. The number of Topliss-reactive ketones (excluding diaryl/α,β-unsaturated/α-hetero) is 1. The van der Waals surface area contributed by atoms with Gasteiger partial charge >= 0.3 is 6.09 Å². The van der Waals surface area contributed by atoms with Crippen LogP contribution in [0, 0.1) is 0 Å². The van der Waals surface area contributed by atoms with E-state index < -0.39 is 6.09 Å². The van der Waals surface area contributed by atoms with Gasteiger partial charge in [-0.1, -0.05) is 17.7 Å². The van der Waals surface area contributed by atoms with Crippen molar-refractivity contribution in [3.63, 3.8) is 0 Å². The molecule has 0 saturated heterocycles. The summed E-state index contributed by atoms with van der Waals surface area (Å²) < 4.78 is 0. The van der Waals surface area contributed by atoms with Crippen LogP contribution < -0.4 is 4.90 Å². The smallest absolute Gasteiger partial charge is 0.407 e. The fourth-order valence-electron chi connectivity index (χ4n) is 4.65. The lowest BCUT2D eigenvalue weighted by atomic mass is 9.94. The summed E-state index contributed by atoms with van der Waals surface area (Å²) in [6.07, 6.45) is 2.93. The van der Waals surface area contributed by atoms with Crippen LogP contribution in [-0.2, 0) is 24.1 Å². The summed E-state index contributed by atoms with van der Waals surface area (Å²) in [6.45, 7) is 1.32. The minimum absolute atomic E-state index is 0.0575. The van der Waals surface area contributed by atoms with Crippen LogP contribution in [0.1, 0.15) is 52.7 Å². The Morgan fingerprint density at radius 3 is 2.52 bits per heavy atom. The quantitative estimate of drug-likeness (QED) is 0.416. The Balaban J connectivity index is 1.28. The summed E-state index contributed by atoms with van der Waals surface area (Å²) in [5, 5.41) is 19.4. The van der Waals surface area contributed by atoms with Crippen molar-refractivity contribution in [3.05, 3.63) is 57.6 Å². The maximum Gasteiger partial charge on any atom is 0.407 e. The van der Waals surface area contributed by atoms with Crippen molar-refractivity contribution in [1.82, 2.24) is 4.90 Å². The first kappa shape index (κ1) is 23.1. The number of carbonyl (C=O) groups excluding carboxylic acids is 2. The number of amides is 2. The number of phenolic OH excluding ortho intramolecular Hbond substituents is 1. The van der Waals surface area contributed by atoms with Gasteiger partial charge in [0.2, 0.25) is 5.91 Å². The van der Waals surface area contributed by atoms with Crippen molar-refractivity contribution in [2.45, 2.75) is 44.9 Å². The van der Waals surface area contributed by atoms with Gasteiger partial charge in [-0.05, 0) is 73.1 Å². The number of halogens is 1. The summed E-state index contributed by atoms with van der Waals surface area (Å²) in [6, 6.07) is 8.51. The number of aryl methyl sites for hydroxylation is 1. The van der Waals surface area contributed by atoms with Crippen LogP contribution in [0.25, 0.3) is 0 Å². The zero-order valence-electron chi connectivity index (χ0n) is 18.3. The van der Waals surface area contributed by atoms with Gasteiger partial charge in [-0.15, -0.1) is 0 Å². The molecule has 8 heteroatoms. The standard InChI is InChI=1S/C25H27ClN2O5/c26-21-15-20(29)6-4-16(21)8-11-27(25(32)33)10-2-1-3-22(30)19-13-17-5-7-23(31)28-12-9-18(14-19)24(17)28/h4,6,13-15,29H,1-3,5,7-12H2,(H,32,33). The molecule has 2 N–H and O–H groups in total. The van der Waals surface area contributed by atoms with E-state index in [-0.39, 0.29) is 24.0 Å². The van der Waals surface area contributed by atoms with E-state index in [1.807, 2.05) is 17.0 Å². The van der Waals surface area contributed by atoms with Crippen LogP contribution in [0.3, 0.4) is 0 Å². The van der Waals surface area contributed by atoms with Crippen LogP contribution >= 0.6 is 11.6 Å². The minimum Gasteiger partial charge on any atom is -0.508 e. The second-order valence-corrected chi connectivity index (χ2v) is 9.02. The van der Waals surface area contributed by atoms with E-state index in [1.54, 1.807) is 6.07 Å². The molecule has 0 fully saturated rings. The molecule has 33 heavy (non-hydrogen) atoms. The van der Waals surface area contributed by atoms with Crippen molar-refractivity contribution in [2.75, 3.05) is 24.5 Å². The molecule has 0 spiro atoms. The monoisotopic (exact) mass is 470 g/mol. The normalized spacial score (nSPS) is 14.3. The van der Waals surface area contributed by atoms with Gasteiger partial charge in [-0.3, -0.25) is 9.59 Å². The first-order valence-electron chi connectivity index (χ1n) is 11.3. The molecular formula is C25H27ClN2O5. The number of phenols is 1. The Morgan fingerprint density at radius 1 is 1.03 bits per heavy atom. The molecule has 2 aromatic rings. The fraction of sp³-hybridized carbons (Fsp3) is 0.400. The summed E-state index contributed by atoms with van der Waals surface area (Å²) in [7, 11) is 0. The molecule has 0 unspecified atom stereocenters. The van der Waals surface area contributed by atoms with Gasteiger partial charge in [0, 0.05) is 43.1 Å². The fourth-order valence-corrected chi connectivity index (χ4v) is 4.92. The molecule has 4 rings (SSSR count). The van der Waals surface area contributed by atoms with Crippen LogP contribution in [0.15, 0.2) is 30.3 Å². The lowest BCUT2D eigenvalue weighted by Crippen LogP contribution is -2.33. The molecule has 0 atom stereocenters. The number of hydrogen-bond acceptors (Lipinski definition) is 4. The van der Waals surface area contributed by atoms with Gasteiger partial charge in [0.15, 0.2) is 5.78 Å². The molecule has 174 valence electrons. The Kier molecular flexibility index (Phi) is 6.88. The molecule has 0 radical (unpaired) electrons. The second-order valence-electron chi connectivity index (χ2n) is 8.61. The SMILES string of the molecule is O=C(CCCCN(CCc1ccc(O)cc1Cl)C(=O)O)c1cc2c3c(c1)CCN3C(=O)CC2. The average Bonchev–Trinajstić information content (AvgIpc) is 3.22. The molecule has 2 aliphatic heterocycles. The van der Waals surface area contributed by atoms with Gasteiger partial charge < -0.3 is 20.0 Å². The maximum absolute atomic E-state index is 12.8. The van der Waals surface area contributed by atoms with Crippen LogP contribution in [0.5, 0.6) is 5.75 Å². The number of unbranched alkanes of at least 4 members (excludes halogenated alkanes) is 1. The topological polar surface area (TPSA) is 98.2 Å². The van der Waals surface area contributed by atoms with E-state index >= 15 is 0 Å². The zero-order chi connectivity index (χ0) is 23.5. The molecule has 0 aromatic heterocycles. The molecule has 0 saturated carbocycles. The van der Waals surface area contributed by atoms with E-state index in [1.165, 1.54) is 17.0 Å². The first-order chi connectivity index (χ1) is 15.8. The average molecular weight is 471 g/mol. The van der Waals surface area contributed by atoms with Gasteiger partial charge in [0.1, 0.15) is 5.75 Å². The molecular weight excluding hydrogens is 444 g/mol. The Labute approximate surface area is 197 Å². The van der Waals surface area contributed by atoms with Crippen molar-refractivity contribution >= 4 is 35.1 Å². The highest BCUT2D eigenvalue weighted by Gasteiger charge is 2.31. The van der Waals surface area contributed by atoms with Crippen LogP contribution in [0.4, 0.5) is 10.5 Å². The van der Waals surface area contributed by atoms with E-state index in [4.69, 9.17) is 11.6 Å². The third-order valence-electron chi connectivity index (χ3n) is 6.41. The third-order valence-corrected chi connectivity index (χ3v) is 6.77. The van der Waals surface area contributed by atoms with Gasteiger partial charge in [0.05, 0.1) is 5.69 Å². The van der Waals surface area contributed by atoms with Gasteiger partial charge in [-0.25, -0.2) is 4.79 Å². The second kappa shape index (κ2) is 9.83. The van der Waals surface area contributed by atoms with Gasteiger partial charge in [0.25, 0.3) is 0 Å². The number of carbonyl (C=O) groups is 3. The highest BCUT2D eigenvalue weighted by Crippen LogP contribution is 2.37. The first-order valence-corrected chi connectivity index (χ1v) is 11.7. The van der Waals surface area contributed by atoms with Crippen LogP contribution in [-0.4, -0.2) is 52.5 Å². The lowest BCUT2D eigenvalue weighted by molar-refractivity contribution is -0.118. The van der Waals surface area contributed by atoms with E-state index in [9.17, 15) is 24.6 Å². The van der Waals surface area contributed by atoms with E-state index in [2.05, 4.69) is 0 Å². The van der Waals surface area contributed by atoms with E-state index in [0.29, 0.717) is 62.2 Å². The predicted molar refractivity (Wildman–Crippen MR) is 125 cm³/mol. The number of aromatic hydroxyl groups is 1. The minimum atomic E-state index is -1.01. The zero-order valence-corrected chi connectivity index (χ0v) is 19.1. The van der Waals surface area contributed by atoms with Gasteiger partial charge in [-0.2, -0.15) is 0 Å². The third kappa shape index (κ3) is 5.14. The van der Waals surface area contributed by atoms with E-state index in [0.717, 1.165) is 28.8 Å². The number of anilines is 1. The van der Waals surface area contributed by atoms with Crippen molar-refractivity contribution in [1.29, 1.82) is 0 Å². The van der Waals surface area contributed by atoms with Crippen molar-refractivity contribution in [2.24, 2.45) is 0 Å².